The van der Waals surface area contributed by atoms with E-state index in [2.05, 4.69) is 0 Å². The normalized spacial score (nSPS) is 12.8. The zero-order valence-corrected chi connectivity index (χ0v) is 24.2. The van der Waals surface area contributed by atoms with Crippen LogP contribution in [0.1, 0.15) is 33.4 Å². The summed E-state index contributed by atoms with van der Waals surface area (Å²) in [5.41, 5.74) is 1.66. The van der Waals surface area contributed by atoms with E-state index in [1.165, 1.54) is 9.13 Å². The second-order valence-electron chi connectivity index (χ2n) is 11.6. The minimum atomic E-state index is -4.96. The maximum atomic E-state index is 15.0. The van der Waals surface area contributed by atoms with Crippen molar-refractivity contribution < 1.29 is 26.3 Å². The van der Waals surface area contributed by atoms with Crippen molar-refractivity contribution in [1.29, 1.82) is 0 Å². The number of rotatable bonds is 2. The van der Waals surface area contributed by atoms with Gasteiger partial charge in [0.1, 0.15) is 0 Å². The van der Waals surface area contributed by atoms with E-state index in [-0.39, 0.29) is 0 Å². The summed E-state index contributed by atoms with van der Waals surface area (Å²) in [4.78, 5) is 0. The molecule has 0 atom stereocenters. The van der Waals surface area contributed by atoms with Crippen LogP contribution < -0.4 is 0 Å². The van der Waals surface area contributed by atoms with Gasteiger partial charge in [0.15, 0.2) is 0 Å². The van der Waals surface area contributed by atoms with Gasteiger partial charge in [-0.2, -0.15) is 26.3 Å². The third kappa shape index (κ3) is 4.26. The predicted molar refractivity (Wildman–Crippen MR) is 164 cm³/mol. The standard InChI is InChI=1S/C36H26F6N2/c1-19-5-9-29-23(13-19)24-14-20(2)6-10-30(24)43(29)33-17-28(36(40,41)42)34(18-27(33)35(37,38)39)44-31-11-7-21(3)15-25(31)26-16-22(4)8-12-32(26)44/h5-18H,1-4H3. The largest absolute Gasteiger partial charge is 0.418 e. The lowest BCUT2D eigenvalue weighted by Crippen LogP contribution is -2.17. The molecule has 7 aromatic rings. The van der Waals surface area contributed by atoms with E-state index in [0.717, 1.165) is 22.3 Å². The molecule has 2 aromatic heterocycles. The molecule has 8 heteroatoms. The number of fused-ring (bicyclic) bond motifs is 6. The van der Waals surface area contributed by atoms with Crippen LogP contribution in [0.25, 0.3) is 55.0 Å². The first-order valence-corrected chi connectivity index (χ1v) is 14.1. The van der Waals surface area contributed by atoms with E-state index < -0.39 is 34.9 Å². The van der Waals surface area contributed by atoms with E-state index in [0.29, 0.717) is 55.7 Å². The van der Waals surface area contributed by atoms with Crippen molar-refractivity contribution in [3.05, 3.63) is 118 Å². The fourth-order valence-corrected chi connectivity index (χ4v) is 6.42. The molecule has 0 aliphatic carbocycles. The molecular formula is C36H26F6N2. The van der Waals surface area contributed by atoms with Crippen molar-refractivity contribution in [2.24, 2.45) is 0 Å². The molecule has 0 saturated carbocycles. The third-order valence-corrected chi connectivity index (χ3v) is 8.36. The Labute approximate surface area is 248 Å². The van der Waals surface area contributed by atoms with E-state index >= 15 is 26.3 Å². The molecule has 0 fully saturated rings. The highest BCUT2D eigenvalue weighted by molar-refractivity contribution is 6.11. The molecule has 0 saturated heterocycles. The lowest BCUT2D eigenvalue weighted by Gasteiger charge is -2.22. The Morgan fingerprint density at radius 1 is 0.386 bits per heavy atom. The van der Waals surface area contributed by atoms with Crippen LogP contribution in [0, 0.1) is 27.7 Å². The number of hydrogen-bond acceptors (Lipinski definition) is 0. The number of nitrogens with zero attached hydrogens (tertiary/aromatic N) is 2. The van der Waals surface area contributed by atoms with Crippen molar-refractivity contribution in [2.75, 3.05) is 0 Å². The summed E-state index contributed by atoms with van der Waals surface area (Å²) in [7, 11) is 0. The van der Waals surface area contributed by atoms with Crippen LogP contribution in [0.3, 0.4) is 0 Å². The molecule has 2 heterocycles. The average Bonchev–Trinajstić information content (AvgIpc) is 3.42. The highest BCUT2D eigenvalue weighted by Crippen LogP contribution is 2.46. The number of halogens is 6. The van der Waals surface area contributed by atoms with Crippen molar-refractivity contribution in [1.82, 2.24) is 9.13 Å². The smallest absolute Gasteiger partial charge is 0.309 e. The molecule has 0 aliphatic rings. The van der Waals surface area contributed by atoms with E-state index in [1.54, 1.807) is 48.5 Å². The van der Waals surface area contributed by atoms with Gasteiger partial charge in [-0.05, 0) is 88.4 Å². The predicted octanol–water partition coefficient (Wildman–Crippen LogP) is 11.2. The molecule has 0 amide bonds. The van der Waals surface area contributed by atoms with Gasteiger partial charge in [0, 0.05) is 21.5 Å². The minimum absolute atomic E-state index is 0.394. The van der Waals surface area contributed by atoms with Gasteiger partial charge in [-0.3, -0.25) is 0 Å². The summed E-state index contributed by atoms with van der Waals surface area (Å²) in [6.07, 6.45) is -9.92. The topological polar surface area (TPSA) is 9.86 Å². The molecule has 2 nitrogen and oxygen atoms in total. The maximum absolute atomic E-state index is 15.0. The molecular weight excluding hydrogens is 574 g/mol. The van der Waals surface area contributed by atoms with Gasteiger partial charge in [0.25, 0.3) is 0 Å². The first-order chi connectivity index (χ1) is 20.7. The van der Waals surface area contributed by atoms with E-state index in [9.17, 15) is 0 Å². The molecule has 5 aromatic carbocycles. The zero-order valence-electron chi connectivity index (χ0n) is 24.2. The van der Waals surface area contributed by atoms with Gasteiger partial charge in [0.05, 0.1) is 44.6 Å². The number of benzene rings is 5. The Kier molecular flexibility index (Phi) is 5.99. The average molecular weight is 601 g/mol. The second kappa shape index (κ2) is 9.39. The second-order valence-corrected chi connectivity index (χ2v) is 11.6. The Morgan fingerprint density at radius 2 is 0.636 bits per heavy atom. The van der Waals surface area contributed by atoms with Crippen LogP contribution in [-0.4, -0.2) is 9.13 Å². The summed E-state index contributed by atoms with van der Waals surface area (Å²) < 4.78 is 92.9. The fraction of sp³-hybridized carbons (Fsp3) is 0.167. The molecule has 0 spiro atoms. The first-order valence-electron chi connectivity index (χ1n) is 14.1. The highest BCUT2D eigenvalue weighted by Gasteiger charge is 2.41. The number of aromatic nitrogens is 2. The summed E-state index contributed by atoms with van der Waals surface area (Å²) in [5.74, 6) is 0. The summed E-state index contributed by atoms with van der Waals surface area (Å²) in [6, 6.07) is 22.4. The molecule has 0 radical (unpaired) electrons. The molecule has 44 heavy (non-hydrogen) atoms. The fourth-order valence-electron chi connectivity index (χ4n) is 6.42. The van der Waals surface area contributed by atoms with Crippen molar-refractivity contribution in [2.45, 2.75) is 40.0 Å². The highest BCUT2D eigenvalue weighted by atomic mass is 19.4. The molecule has 0 unspecified atom stereocenters. The van der Waals surface area contributed by atoms with Gasteiger partial charge >= 0.3 is 12.4 Å². The van der Waals surface area contributed by atoms with Gasteiger partial charge in [-0.15, -0.1) is 0 Å². The maximum Gasteiger partial charge on any atom is 0.418 e. The third-order valence-electron chi connectivity index (χ3n) is 8.36. The minimum Gasteiger partial charge on any atom is -0.309 e. The van der Waals surface area contributed by atoms with Crippen LogP contribution in [0.15, 0.2) is 84.9 Å². The Morgan fingerprint density at radius 3 is 0.864 bits per heavy atom. The first kappa shape index (κ1) is 28.1. The van der Waals surface area contributed by atoms with E-state index in [1.807, 2.05) is 52.0 Å². The SMILES string of the molecule is Cc1ccc2c(c1)c1cc(C)ccc1n2-c1cc(C(F)(F)F)c(-n2c3ccc(C)cc3c3cc(C)ccc32)cc1C(F)(F)F. The molecule has 0 aliphatic heterocycles. The van der Waals surface area contributed by atoms with Gasteiger partial charge < -0.3 is 9.13 Å². The van der Waals surface area contributed by atoms with Crippen molar-refractivity contribution >= 4 is 43.6 Å². The number of aryl methyl sites for hydroxylation is 4. The Bertz CT molecular complexity index is 2020. The molecule has 7 rings (SSSR count). The van der Waals surface area contributed by atoms with Crippen LogP contribution in [0.5, 0.6) is 0 Å². The number of alkyl halides is 6. The lowest BCUT2D eigenvalue weighted by molar-refractivity contribution is -0.141. The lowest BCUT2D eigenvalue weighted by atomic mass is 10.0. The zero-order chi connectivity index (χ0) is 31.3. The van der Waals surface area contributed by atoms with E-state index in [4.69, 9.17) is 0 Å². The summed E-state index contributed by atoms with van der Waals surface area (Å²) in [6.45, 7) is 7.46. The Balaban J connectivity index is 1.66. The molecule has 0 bridgehead atoms. The molecule has 0 N–H and O–H groups in total. The Hall–Kier alpha value is -4.72. The molecule has 222 valence electrons. The number of hydrogen-bond donors (Lipinski definition) is 0. The van der Waals surface area contributed by atoms with Gasteiger partial charge in [0.2, 0.25) is 0 Å². The quantitative estimate of drug-likeness (QED) is 0.175. The van der Waals surface area contributed by atoms with Gasteiger partial charge in [-0.1, -0.05) is 46.5 Å². The van der Waals surface area contributed by atoms with Crippen molar-refractivity contribution in [3.63, 3.8) is 0 Å². The van der Waals surface area contributed by atoms with Crippen LogP contribution >= 0.6 is 0 Å². The summed E-state index contributed by atoms with van der Waals surface area (Å²) in [5, 5.41) is 2.68. The monoisotopic (exact) mass is 600 g/mol. The van der Waals surface area contributed by atoms with Crippen molar-refractivity contribution in [3.8, 4) is 11.4 Å². The van der Waals surface area contributed by atoms with Crippen LogP contribution in [0.4, 0.5) is 26.3 Å². The van der Waals surface area contributed by atoms with Gasteiger partial charge in [-0.25, -0.2) is 0 Å². The van der Waals surface area contributed by atoms with Crippen LogP contribution in [-0.2, 0) is 12.4 Å². The van der Waals surface area contributed by atoms with Crippen LogP contribution in [0.2, 0.25) is 0 Å². The summed E-state index contributed by atoms with van der Waals surface area (Å²) >= 11 is 0.